The maximum Gasteiger partial charge on any atom is 0.238 e. The van der Waals surface area contributed by atoms with E-state index < -0.39 is 0 Å². The Morgan fingerprint density at radius 2 is 1.79 bits per heavy atom. The van der Waals surface area contributed by atoms with Gasteiger partial charge in [-0.05, 0) is 37.2 Å². The van der Waals surface area contributed by atoms with Crippen LogP contribution >= 0.6 is 15.9 Å². The molecule has 0 spiro atoms. The summed E-state index contributed by atoms with van der Waals surface area (Å²) in [5.41, 5.74) is 0.831. The number of hydrogen-bond donors (Lipinski definition) is 2. The summed E-state index contributed by atoms with van der Waals surface area (Å²) in [4.78, 5) is 11.6. The minimum atomic E-state index is 0.0101. The molecule has 1 aromatic rings. The first-order valence-corrected chi connectivity index (χ1v) is 7.78. The van der Waals surface area contributed by atoms with Crippen LogP contribution in [0.2, 0.25) is 0 Å². The van der Waals surface area contributed by atoms with Crippen molar-refractivity contribution in [2.24, 2.45) is 0 Å². The van der Waals surface area contributed by atoms with Gasteiger partial charge in [0, 0.05) is 10.2 Å². The Labute approximate surface area is 124 Å². The molecular formula is C15H23BrN2O. The third-order valence-electron chi connectivity index (χ3n) is 2.87. The van der Waals surface area contributed by atoms with E-state index in [1.165, 1.54) is 25.7 Å². The molecule has 0 heterocycles. The summed E-state index contributed by atoms with van der Waals surface area (Å²) in [6.07, 6.45) is 6.26. The van der Waals surface area contributed by atoms with Crippen molar-refractivity contribution < 1.29 is 4.79 Å². The highest BCUT2D eigenvalue weighted by Gasteiger charge is 2.01. The molecule has 0 aliphatic rings. The Kier molecular flexibility index (Phi) is 8.50. The molecular weight excluding hydrogens is 304 g/mol. The average Bonchev–Trinajstić information content (AvgIpc) is 2.40. The molecule has 0 aliphatic heterocycles. The zero-order valence-electron chi connectivity index (χ0n) is 11.5. The molecule has 1 amide bonds. The van der Waals surface area contributed by atoms with Crippen molar-refractivity contribution in [3.05, 3.63) is 28.7 Å². The lowest BCUT2D eigenvalue weighted by Gasteiger charge is -2.06. The van der Waals surface area contributed by atoms with Crippen LogP contribution in [0, 0.1) is 0 Å². The van der Waals surface area contributed by atoms with Crippen molar-refractivity contribution in [1.82, 2.24) is 5.32 Å². The maximum atomic E-state index is 11.6. The van der Waals surface area contributed by atoms with Crippen LogP contribution in [0.1, 0.15) is 39.0 Å². The Morgan fingerprint density at radius 3 is 2.47 bits per heavy atom. The fourth-order valence-corrected chi connectivity index (χ4v) is 2.06. The van der Waals surface area contributed by atoms with Gasteiger partial charge in [-0.2, -0.15) is 0 Å². The standard InChI is InChI=1S/C15H23BrN2O/c1-2-3-4-5-6-11-17-12-15(19)18-14-9-7-13(16)8-10-14/h7-10,17H,2-6,11-12H2,1H3,(H,18,19). The number of carbonyl (C=O) groups excluding carboxylic acids is 1. The SMILES string of the molecule is CCCCCCCNCC(=O)Nc1ccc(Br)cc1. The summed E-state index contributed by atoms with van der Waals surface area (Å²) in [7, 11) is 0. The van der Waals surface area contributed by atoms with Gasteiger partial charge in [0.25, 0.3) is 0 Å². The van der Waals surface area contributed by atoms with Crippen molar-refractivity contribution in [3.8, 4) is 0 Å². The Bertz CT molecular complexity index is 365. The van der Waals surface area contributed by atoms with Crippen LogP contribution in [0.3, 0.4) is 0 Å². The van der Waals surface area contributed by atoms with E-state index in [4.69, 9.17) is 0 Å². The van der Waals surface area contributed by atoms with Crippen LogP contribution in [0.4, 0.5) is 5.69 Å². The Hall–Kier alpha value is -0.870. The predicted molar refractivity (Wildman–Crippen MR) is 84.4 cm³/mol. The number of carbonyl (C=O) groups is 1. The molecule has 0 aromatic heterocycles. The molecule has 0 bridgehead atoms. The lowest BCUT2D eigenvalue weighted by Crippen LogP contribution is -2.28. The molecule has 106 valence electrons. The summed E-state index contributed by atoms with van der Waals surface area (Å²) in [6.45, 7) is 3.51. The van der Waals surface area contributed by atoms with Gasteiger partial charge >= 0.3 is 0 Å². The topological polar surface area (TPSA) is 41.1 Å². The van der Waals surface area contributed by atoms with Gasteiger partial charge in [0.15, 0.2) is 0 Å². The van der Waals surface area contributed by atoms with Crippen LogP contribution in [-0.4, -0.2) is 19.0 Å². The summed E-state index contributed by atoms with van der Waals surface area (Å²) in [5.74, 6) is 0.0101. The largest absolute Gasteiger partial charge is 0.325 e. The van der Waals surface area contributed by atoms with Crippen LogP contribution in [0.5, 0.6) is 0 Å². The van der Waals surface area contributed by atoms with E-state index in [0.717, 1.165) is 23.1 Å². The number of anilines is 1. The van der Waals surface area contributed by atoms with E-state index in [2.05, 4.69) is 33.5 Å². The molecule has 0 aliphatic carbocycles. The second-order valence-corrected chi connectivity index (χ2v) is 5.56. The number of benzene rings is 1. The predicted octanol–water partition coefficient (Wildman–Crippen LogP) is 3.95. The lowest BCUT2D eigenvalue weighted by molar-refractivity contribution is -0.115. The number of hydrogen-bond acceptors (Lipinski definition) is 2. The van der Waals surface area contributed by atoms with Gasteiger partial charge in [0.2, 0.25) is 5.91 Å². The molecule has 0 atom stereocenters. The molecule has 0 saturated heterocycles. The first-order chi connectivity index (χ1) is 9.22. The normalized spacial score (nSPS) is 10.4. The second kappa shape index (κ2) is 9.98. The first-order valence-electron chi connectivity index (χ1n) is 6.98. The van der Waals surface area contributed by atoms with E-state index >= 15 is 0 Å². The molecule has 0 radical (unpaired) electrons. The lowest BCUT2D eigenvalue weighted by atomic mass is 10.1. The number of halogens is 1. The fourth-order valence-electron chi connectivity index (χ4n) is 1.79. The van der Waals surface area contributed by atoms with E-state index in [-0.39, 0.29) is 5.91 Å². The van der Waals surface area contributed by atoms with Gasteiger partial charge < -0.3 is 10.6 Å². The maximum absolute atomic E-state index is 11.6. The molecule has 19 heavy (non-hydrogen) atoms. The highest BCUT2D eigenvalue weighted by molar-refractivity contribution is 9.10. The molecule has 0 fully saturated rings. The highest BCUT2D eigenvalue weighted by atomic mass is 79.9. The number of rotatable bonds is 9. The van der Waals surface area contributed by atoms with Crippen LogP contribution < -0.4 is 10.6 Å². The van der Waals surface area contributed by atoms with Crippen molar-refractivity contribution in [2.75, 3.05) is 18.4 Å². The molecule has 2 N–H and O–H groups in total. The van der Waals surface area contributed by atoms with Gasteiger partial charge in [-0.25, -0.2) is 0 Å². The van der Waals surface area contributed by atoms with E-state index in [1.807, 2.05) is 24.3 Å². The third kappa shape index (κ3) is 8.01. The van der Waals surface area contributed by atoms with Gasteiger partial charge in [-0.3, -0.25) is 4.79 Å². The number of amides is 1. The Balaban J connectivity index is 2.06. The molecule has 0 unspecified atom stereocenters. The van der Waals surface area contributed by atoms with E-state index in [9.17, 15) is 4.79 Å². The molecule has 3 nitrogen and oxygen atoms in total. The van der Waals surface area contributed by atoms with Crippen LogP contribution in [0.15, 0.2) is 28.7 Å². The van der Waals surface area contributed by atoms with E-state index in [0.29, 0.717) is 6.54 Å². The van der Waals surface area contributed by atoms with E-state index in [1.54, 1.807) is 0 Å². The number of nitrogens with one attached hydrogen (secondary N) is 2. The van der Waals surface area contributed by atoms with Crippen molar-refractivity contribution >= 4 is 27.5 Å². The Morgan fingerprint density at radius 1 is 1.11 bits per heavy atom. The summed E-state index contributed by atoms with van der Waals surface area (Å²) in [5, 5.41) is 6.03. The molecule has 1 rings (SSSR count). The van der Waals surface area contributed by atoms with Gasteiger partial charge in [0.05, 0.1) is 6.54 Å². The monoisotopic (exact) mass is 326 g/mol. The zero-order valence-corrected chi connectivity index (χ0v) is 13.1. The quantitative estimate of drug-likeness (QED) is 0.674. The average molecular weight is 327 g/mol. The van der Waals surface area contributed by atoms with Crippen molar-refractivity contribution in [3.63, 3.8) is 0 Å². The van der Waals surface area contributed by atoms with Crippen LogP contribution in [-0.2, 0) is 4.79 Å². The summed E-state index contributed by atoms with van der Waals surface area (Å²) in [6, 6.07) is 7.59. The van der Waals surface area contributed by atoms with Crippen molar-refractivity contribution in [1.29, 1.82) is 0 Å². The summed E-state index contributed by atoms with van der Waals surface area (Å²) < 4.78 is 1.01. The summed E-state index contributed by atoms with van der Waals surface area (Å²) >= 11 is 3.36. The minimum Gasteiger partial charge on any atom is -0.325 e. The number of unbranched alkanes of at least 4 members (excludes halogenated alkanes) is 4. The minimum absolute atomic E-state index is 0.0101. The highest BCUT2D eigenvalue weighted by Crippen LogP contribution is 2.13. The second-order valence-electron chi connectivity index (χ2n) is 4.65. The van der Waals surface area contributed by atoms with Gasteiger partial charge in [-0.1, -0.05) is 48.5 Å². The van der Waals surface area contributed by atoms with Gasteiger partial charge in [0.1, 0.15) is 0 Å². The third-order valence-corrected chi connectivity index (χ3v) is 3.40. The zero-order chi connectivity index (χ0) is 13.9. The first kappa shape index (κ1) is 16.2. The molecule has 0 saturated carbocycles. The fraction of sp³-hybridized carbons (Fsp3) is 0.533. The van der Waals surface area contributed by atoms with Gasteiger partial charge in [-0.15, -0.1) is 0 Å². The van der Waals surface area contributed by atoms with Crippen LogP contribution in [0.25, 0.3) is 0 Å². The molecule has 4 heteroatoms. The molecule has 1 aromatic carbocycles. The smallest absolute Gasteiger partial charge is 0.238 e. The van der Waals surface area contributed by atoms with Crippen molar-refractivity contribution in [2.45, 2.75) is 39.0 Å².